The van der Waals surface area contributed by atoms with E-state index in [1.165, 1.54) is 23.1 Å². The van der Waals surface area contributed by atoms with Gasteiger partial charge in [0, 0.05) is 29.9 Å². The third-order valence-corrected chi connectivity index (χ3v) is 3.82. The molecule has 0 aliphatic heterocycles. The first kappa shape index (κ1) is 17.6. The van der Waals surface area contributed by atoms with Gasteiger partial charge in [0.05, 0.1) is 0 Å². The highest BCUT2D eigenvalue weighted by atomic mass is 19.4. The van der Waals surface area contributed by atoms with Crippen molar-refractivity contribution in [3.8, 4) is 5.75 Å². The van der Waals surface area contributed by atoms with Crippen LogP contribution in [-0.4, -0.2) is 19.4 Å². The molecule has 0 spiro atoms. The highest BCUT2D eigenvalue weighted by Crippen LogP contribution is 2.27. The zero-order chi connectivity index (χ0) is 18.7. The molecule has 0 bridgehead atoms. The van der Waals surface area contributed by atoms with Crippen LogP contribution in [0.5, 0.6) is 5.75 Å². The van der Waals surface area contributed by atoms with Gasteiger partial charge in [-0.3, -0.25) is 5.41 Å². The van der Waals surface area contributed by atoms with Gasteiger partial charge in [-0.15, -0.1) is 13.2 Å². The van der Waals surface area contributed by atoms with E-state index in [4.69, 9.17) is 5.41 Å². The quantitative estimate of drug-likeness (QED) is 0.498. The van der Waals surface area contributed by atoms with Crippen LogP contribution in [0.2, 0.25) is 0 Å². The number of guanidine groups is 1. The summed E-state index contributed by atoms with van der Waals surface area (Å²) in [5, 5.41) is 13.2. The molecule has 0 amide bonds. The standard InChI is InChI=1S/C19H16F3N3O/c1-25(14-8-5-9-15(12-14)26-19(20,21)22)18(23)24-17-11-4-7-13-6-2-3-10-16(13)17/h2-12H,1H3,(H2,23,24). The van der Waals surface area contributed by atoms with Gasteiger partial charge in [-0.25, -0.2) is 0 Å². The maximum Gasteiger partial charge on any atom is 0.573 e. The summed E-state index contributed by atoms with van der Waals surface area (Å²) in [4.78, 5) is 1.44. The van der Waals surface area contributed by atoms with Crippen molar-refractivity contribution in [2.45, 2.75) is 6.36 Å². The van der Waals surface area contributed by atoms with Gasteiger partial charge in [-0.1, -0.05) is 42.5 Å². The van der Waals surface area contributed by atoms with Crippen LogP contribution in [-0.2, 0) is 0 Å². The number of hydrogen-bond donors (Lipinski definition) is 2. The number of nitrogens with one attached hydrogen (secondary N) is 2. The molecular weight excluding hydrogens is 343 g/mol. The lowest BCUT2D eigenvalue weighted by atomic mass is 10.1. The van der Waals surface area contributed by atoms with Crippen LogP contribution in [0.1, 0.15) is 0 Å². The van der Waals surface area contributed by atoms with Crippen molar-refractivity contribution in [3.05, 3.63) is 66.7 Å². The monoisotopic (exact) mass is 359 g/mol. The average molecular weight is 359 g/mol. The molecule has 0 heterocycles. The molecule has 134 valence electrons. The van der Waals surface area contributed by atoms with E-state index in [9.17, 15) is 13.2 Å². The average Bonchev–Trinajstić information content (AvgIpc) is 2.60. The van der Waals surface area contributed by atoms with Crippen molar-refractivity contribution < 1.29 is 17.9 Å². The number of halogens is 3. The van der Waals surface area contributed by atoms with Crippen molar-refractivity contribution in [1.82, 2.24) is 0 Å². The van der Waals surface area contributed by atoms with Crippen LogP contribution in [0, 0.1) is 5.41 Å². The fraction of sp³-hybridized carbons (Fsp3) is 0.105. The fourth-order valence-electron chi connectivity index (χ4n) is 2.56. The van der Waals surface area contributed by atoms with E-state index in [0.717, 1.165) is 16.5 Å². The maximum atomic E-state index is 12.4. The lowest BCUT2D eigenvalue weighted by Crippen LogP contribution is -2.32. The molecule has 3 rings (SSSR count). The molecule has 0 saturated carbocycles. The molecule has 0 fully saturated rings. The van der Waals surface area contributed by atoms with Crippen LogP contribution in [0.25, 0.3) is 10.8 Å². The van der Waals surface area contributed by atoms with E-state index >= 15 is 0 Å². The van der Waals surface area contributed by atoms with Gasteiger partial charge in [0.1, 0.15) is 5.75 Å². The van der Waals surface area contributed by atoms with Crippen LogP contribution in [0.15, 0.2) is 66.7 Å². The number of rotatable bonds is 3. The Morgan fingerprint density at radius 1 is 1.00 bits per heavy atom. The molecule has 3 aromatic carbocycles. The van der Waals surface area contributed by atoms with Gasteiger partial charge in [0.15, 0.2) is 5.96 Å². The number of hydrogen-bond acceptors (Lipinski definition) is 2. The zero-order valence-corrected chi connectivity index (χ0v) is 13.8. The molecule has 0 aromatic heterocycles. The molecule has 26 heavy (non-hydrogen) atoms. The summed E-state index contributed by atoms with van der Waals surface area (Å²) in [5.41, 5.74) is 1.13. The highest BCUT2D eigenvalue weighted by molar-refractivity contribution is 6.08. The lowest BCUT2D eigenvalue weighted by Gasteiger charge is -2.22. The Labute approximate surface area is 148 Å². The van der Waals surface area contributed by atoms with E-state index in [-0.39, 0.29) is 11.7 Å². The largest absolute Gasteiger partial charge is 0.573 e. The molecular formula is C19H16F3N3O. The molecule has 0 aliphatic carbocycles. The first-order valence-electron chi connectivity index (χ1n) is 7.76. The van der Waals surface area contributed by atoms with E-state index in [1.807, 2.05) is 42.5 Å². The Morgan fingerprint density at radius 3 is 2.46 bits per heavy atom. The third kappa shape index (κ3) is 4.05. The second kappa shape index (κ2) is 6.95. The first-order chi connectivity index (χ1) is 12.3. The summed E-state index contributed by atoms with van der Waals surface area (Å²) in [6, 6.07) is 18.9. The van der Waals surface area contributed by atoms with E-state index in [1.54, 1.807) is 13.1 Å². The number of alkyl halides is 3. The number of nitrogens with zero attached hydrogens (tertiary/aromatic N) is 1. The van der Waals surface area contributed by atoms with Gasteiger partial charge in [0.25, 0.3) is 0 Å². The number of ether oxygens (including phenoxy) is 1. The van der Waals surface area contributed by atoms with Gasteiger partial charge >= 0.3 is 6.36 Å². The Balaban J connectivity index is 1.80. The summed E-state index contributed by atoms with van der Waals surface area (Å²) in [6.07, 6.45) is -4.76. The molecule has 0 atom stereocenters. The predicted octanol–water partition coefficient (Wildman–Crippen LogP) is 5.22. The Morgan fingerprint density at radius 2 is 1.69 bits per heavy atom. The van der Waals surface area contributed by atoms with E-state index in [2.05, 4.69) is 10.1 Å². The smallest absolute Gasteiger partial charge is 0.406 e. The predicted molar refractivity (Wildman–Crippen MR) is 96.8 cm³/mol. The Kier molecular flexibility index (Phi) is 4.71. The summed E-state index contributed by atoms with van der Waals surface area (Å²) in [7, 11) is 1.59. The summed E-state index contributed by atoms with van der Waals surface area (Å²) < 4.78 is 41.1. The van der Waals surface area contributed by atoms with Gasteiger partial charge in [-0.05, 0) is 23.6 Å². The Hall–Kier alpha value is -3.22. The minimum Gasteiger partial charge on any atom is -0.406 e. The SMILES string of the molecule is CN(C(=N)Nc1cccc2ccccc12)c1cccc(OC(F)(F)F)c1. The maximum absolute atomic E-state index is 12.4. The van der Waals surface area contributed by atoms with Crippen LogP contribution in [0.4, 0.5) is 24.5 Å². The van der Waals surface area contributed by atoms with Crippen molar-refractivity contribution in [1.29, 1.82) is 5.41 Å². The van der Waals surface area contributed by atoms with Crippen LogP contribution < -0.4 is 15.0 Å². The highest BCUT2D eigenvalue weighted by Gasteiger charge is 2.31. The lowest BCUT2D eigenvalue weighted by molar-refractivity contribution is -0.274. The van der Waals surface area contributed by atoms with Crippen LogP contribution in [0.3, 0.4) is 0 Å². The first-order valence-corrected chi connectivity index (χ1v) is 7.76. The third-order valence-electron chi connectivity index (χ3n) is 3.82. The Bertz CT molecular complexity index is 935. The van der Waals surface area contributed by atoms with Crippen LogP contribution >= 0.6 is 0 Å². The summed E-state index contributed by atoms with van der Waals surface area (Å²) in [6.45, 7) is 0. The van der Waals surface area contributed by atoms with E-state index < -0.39 is 6.36 Å². The van der Waals surface area contributed by atoms with Crippen molar-refractivity contribution in [2.75, 3.05) is 17.3 Å². The number of fused-ring (bicyclic) bond motifs is 1. The van der Waals surface area contributed by atoms with Gasteiger partial charge < -0.3 is 15.0 Å². The molecule has 4 nitrogen and oxygen atoms in total. The second-order valence-electron chi connectivity index (χ2n) is 5.60. The molecule has 0 saturated heterocycles. The molecule has 0 radical (unpaired) electrons. The molecule has 0 unspecified atom stereocenters. The summed E-state index contributed by atoms with van der Waals surface area (Å²) in [5.74, 6) is -0.315. The van der Waals surface area contributed by atoms with E-state index in [0.29, 0.717) is 5.69 Å². The number of anilines is 2. The van der Waals surface area contributed by atoms with Gasteiger partial charge in [0.2, 0.25) is 0 Å². The minimum atomic E-state index is -4.76. The molecule has 0 aliphatic rings. The topological polar surface area (TPSA) is 48.4 Å². The minimum absolute atomic E-state index is 0.0190. The van der Waals surface area contributed by atoms with Crippen molar-refractivity contribution in [2.24, 2.45) is 0 Å². The molecule has 2 N–H and O–H groups in total. The second-order valence-corrected chi connectivity index (χ2v) is 5.60. The van der Waals surface area contributed by atoms with Crippen molar-refractivity contribution >= 4 is 28.1 Å². The van der Waals surface area contributed by atoms with Gasteiger partial charge in [-0.2, -0.15) is 0 Å². The van der Waals surface area contributed by atoms with Crippen molar-refractivity contribution in [3.63, 3.8) is 0 Å². The normalized spacial score (nSPS) is 11.2. The number of benzene rings is 3. The molecule has 3 aromatic rings. The fourth-order valence-corrected chi connectivity index (χ4v) is 2.56. The zero-order valence-electron chi connectivity index (χ0n) is 13.8. The molecule has 7 heteroatoms. The summed E-state index contributed by atoms with van der Waals surface area (Å²) >= 11 is 0.